The van der Waals surface area contributed by atoms with E-state index in [1.54, 1.807) is 0 Å². The summed E-state index contributed by atoms with van der Waals surface area (Å²) in [5, 5.41) is 1.24. The van der Waals surface area contributed by atoms with Crippen LogP contribution in [-0.2, 0) is 19.4 Å². The number of aryl methyl sites for hydroxylation is 1. The summed E-state index contributed by atoms with van der Waals surface area (Å²) in [7, 11) is 0. The van der Waals surface area contributed by atoms with Crippen LogP contribution in [0.5, 0.6) is 0 Å². The molecule has 22 heavy (non-hydrogen) atoms. The van der Waals surface area contributed by atoms with Crippen molar-refractivity contribution in [1.29, 1.82) is 0 Å². The molecule has 0 saturated carbocycles. The van der Waals surface area contributed by atoms with Crippen LogP contribution in [-0.4, -0.2) is 0 Å². The highest BCUT2D eigenvalue weighted by molar-refractivity contribution is 5.90. The molecule has 118 valence electrons. The fraction of sp³-hybridized carbons (Fsp3) is 0.550. The van der Waals surface area contributed by atoms with Crippen LogP contribution in [0.2, 0.25) is 0 Å². The number of pyridine rings is 1. The molecule has 2 N–H and O–H groups in total. The Morgan fingerprint density at radius 1 is 1.00 bits per heavy atom. The molecule has 0 amide bonds. The third-order valence-electron chi connectivity index (χ3n) is 5.06. The zero-order chi connectivity index (χ0) is 15.4. The van der Waals surface area contributed by atoms with E-state index in [-0.39, 0.29) is 0 Å². The van der Waals surface area contributed by atoms with Gasteiger partial charge in [-0.2, -0.15) is 4.57 Å². The molecule has 2 heteroatoms. The highest BCUT2D eigenvalue weighted by Gasteiger charge is 2.27. The van der Waals surface area contributed by atoms with Crippen LogP contribution < -0.4 is 10.3 Å². The van der Waals surface area contributed by atoms with Crippen LogP contribution in [0, 0.1) is 0 Å². The third-order valence-corrected chi connectivity index (χ3v) is 5.06. The molecule has 0 unspecified atom stereocenters. The van der Waals surface area contributed by atoms with Crippen LogP contribution in [0.4, 0.5) is 5.69 Å². The summed E-state index contributed by atoms with van der Waals surface area (Å²) in [6.45, 7) is 3.43. The quantitative estimate of drug-likeness (QED) is 0.589. The summed E-state index contributed by atoms with van der Waals surface area (Å²) in [5.41, 5.74) is 11.7. The monoisotopic (exact) mass is 297 g/mol. The Kier molecular flexibility index (Phi) is 4.97. The largest absolute Gasteiger partial charge is 0.398 e. The first-order chi connectivity index (χ1) is 10.8. The number of hydrogen-bond donors (Lipinski definition) is 1. The molecule has 2 nitrogen and oxygen atoms in total. The van der Waals surface area contributed by atoms with E-state index in [0.29, 0.717) is 0 Å². The highest BCUT2D eigenvalue weighted by atomic mass is 15.0. The van der Waals surface area contributed by atoms with Crippen LogP contribution in [0.3, 0.4) is 0 Å². The number of benzene rings is 1. The van der Waals surface area contributed by atoms with Crippen LogP contribution in [0.25, 0.3) is 10.9 Å². The van der Waals surface area contributed by atoms with Gasteiger partial charge in [0.1, 0.15) is 6.54 Å². The Hall–Kier alpha value is -1.57. The van der Waals surface area contributed by atoms with Gasteiger partial charge in [0.2, 0.25) is 5.52 Å². The standard InChI is InChI=1S/C20H28N2/c1-2-3-4-5-6-9-15-22-18-13-8-7-11-16(18)20(21)17-12-10-14-19(17)22/h7-8,11,13,21H,2-6,9-10,12,14-15H2,1H3/p+1. The Morgan fingerprint density at radius 2 is 1.77 bits per heavy atom. The number of aromatic nitrogens is 1. The lowest BCUT2D eigenvalue weighted by Gasteiger charge is -2.10. The minimum absolute atomic E-state index is 1.03. The average Bonchev–Trinajstić information content (AvgIpc) is 3.03. The molecule has 3 rings (SSSR count). The topological polar surface area (TPSA) is 29.9 Å². The second kappa shape index (κ2) is 7.13. The van der Waals surface area contributed by atoms with Crippen molar-refractivity contribution in [3.63, 3.8) is 0 Å². The number of anilines is 1. The summed E-state index contributed by atoms with van der Waals surface area (Å²) in [5.74, 6) is 0. The normalized spacial score (nSPS) is 13.7. The molecular weight excluding hydrogens is 268 g/mol. The number of nitrogen functional groups attached to an aromatic ring is 1. The van der Waals surface area contributed by atoms with Crippen molar-refractivity contribution in [3.8, 4) is 0 Å². The Labute approximate surface area is 134 Å². The van der Waals surface area contributed by atoms with E-state index in [4.69, 9.17) is 5.73 Å². The second-order valence-electron chi connectivity index (χ2n) is 6.63. The maximum atomic E-state index is 6.44. The zero-order valence-electron chi connectivity index (χ0n) is 13.9. The van der Waals surface area contributed by atoms with Gasteiger partial charge in [0.05, 0.1) is 11.1 Å². The molecular formula is C20H29N2+. The number of nitrogens with zero attached hydrogens (tertiary/aromatic N) is 1. The van der Waals surface area contributed by atoms with Gasteiger partial charge in [-0.05, 0) is 25.3 Å². The summed E-state index contributed by atoms with van der Waals surface area (Å²) >= 11 is 0. The minimum Gasteiger partial charge on any atom is -0.398 e. The Bertz CT molecular complexity index is 646. The van der Waals surface area contributed by atoms with Gasteiger partial charge in [0, 0.05) is 24.5 Å². The first kappa shape index (κ1) is 15.3. The average molecular weight is 297 g/mol. The molecule has 0 saturated heterocycles. The first-order valence-electron chi connectivity index (χ1n) is 9.04. The van der Waals surface area contributed by atoms with E-state index in [1.165, 1.54) is 73.5 Å². The molecule has 1 aliphatic rings. The predicted molar refractivity (Wildman–Crippen MR) is 94.0 cm³/mol. The van der Waals surface area contributed by atoms with Gasteiger partial charge in [0.25, 0.3) is 0 Å². The van der Waals surface area contributed by atoms with Crippen LogP contribution in [0.1, 0.15) is 63.1 Å². The first-order valence-corrected chi connectivity index (χ1v) is 9.04. The molecule has 0 atom stereocenters. The molecule has 2 aromatic rings. The number of hydrogen-bond acceptors (Lipinski definition) is 1. The lowest BCUT2D eigenvalue weighted by Crippen LogP contribution is -2.40. The van der Waals surface area contributed by atoms with Gasteiger partial charge in [-0.3, -0.25) is 0 Å². The van der Waals surface area contributed by atoms with Gasteiger partial charge in [-0.25, -0.2) is 0 Å². The molecule has 0 fully saturated rings. The lowest BCUT2D eigenvalue weighted by atomic mass is 10.1. The summed E-state index contributed by atoms with van der Waals surface area (Å²) in [6, 6.07) is 8.67. The molecule has 1 aromatic carbocycles. The number of para-hydroxylation sites is 1. The SMILES string of the molecule is CCCCCCCC[n+]1c2c(c(N)c3ccccc31)CCC2. The maximum absolute atomic E-state index is 6.44. The van der Waals surface area contributed by atoms with E-state index in [9.17, 15) is 0 Å². The molecule has 1 aliphatic carbocycles. The number of fused-ring (bicyclic) bond motifs is 2. The van der Waals surface area contributed by atoms with E-state index < -0.39 is 0 Å². The summed E-state index contributed by atoms with van der Waals surface area (Å²) in [4.78, 5) is 0. The van der Waals surface area contributed by atoms with Crippen LogP contribution in [0.15, 0.2) is 24.3 Å². The van der Waals surface area contributed by atoms with Gasteiger partial charge in [-0.1, -0.05) is 44.7 Å². The maximum Gasteiger partial charge on any atom is 0.214 e. The lowest BCUT2D eigenvalue weighted by molar-refractivity contribution is -0.679. The van der Waals surface area contributed by atoms with Gasteiger partial charge in [0.15, 0.2) is 5.69 Å². The van der Waals surface area contributed by atoms with E-state index >= 15 is 0 Å². The number of rotatable bonds is 7. The predicted octanol–water partition coefficient (Wildman–Crippen LogP) is 4.56. The molecule has 0 radical (unpaired) electrons. The summed E-state index contributed by atoms with van der Waals surface area (Å²) < 4.78 is 2.56. The van der Waals surface area contributed by atoms with Crippen molar-refractivity contribution in [2.24, 2.45) is 0 Å². The van der Waals surface area contributed by atoms with Gasteiger partial charge in [-0.15, -0.1) is 0 Å². The van der Waals surface area contributed by atoms with E-state index in [1.807, 2.05) is 0 Å². The van der Waals surface area contributed by atoms with Gasteiger partial charge >= 0.3 is 0 Å². The number of unbranched alkanes of at least 4 members (excludes halogenated alkanes) is 5. The molecule has 1 aromatic heterocycles. The second-order valence-corrected chi connectivity index (χ2v) is 6.63. The fourth-order valence-electron chi connectivity index (χ4n) is 3.87. The highest BCUT2D eigenvalue weighted by Crippen LogP contribution is 2.30. The molecule has 0 bridgehead atoms. The van der Waals surface area contributed by atoms with Crippen molar-refractivity contribution in [3.05, 3.63) is 35.5 Å². The van der Waals surface area contributed by atoms with Crippen molar-refractivity contribution in [2.75, 3.05) is 5.73 Å². The molecule has 0 spiro atoms. The Morgan fingerprint density at radius 3 is 2.64 bits per heavy atom. The fourth-order valence-corrected chi connectivity index (χ4v) is 3.87. The number of nitrogens with two attached hydrogens (primary N) is 1. The summed E-state index contributed by atoms with van der Waals surface area (Å²) in [6.07, 6.45) is 11.7. The molecule has 0 aliphatic heterocycles. The molecule has 1 heterocycles. The van der Waals surface area contributed by atoms with Crippen LogP contribution >= 0.6 is 0 Å². The zero-order valence-corrected chi connectivity index (χ0v) is 13.9. The van der Waals surface area contributed by atoms with Crippen molar-refractivity contribution >= 4 is 16.6 Å². The van der Waals surface area contributed by atoms with E-state index in [0.717, 1.165) is 18.7 Å². The van der Waals surface area contributed by atoms with Gasteiger partial charge < -0.3 is 5.73 Å². The van der Waals surface area contributed by atoms with Crippen molar-refractivity contribution in [1.82, 2.24) is 0 Å². The minimum atomic E-state index is 1.03. The smallest absolute Gasteiger partial charge is 0.214 e. The van der Waals surface area contributed by atoms with E-state index in [2.05, 4.69) is 35.8 Å². The Balaban J connectivity index is 1.81. The van der Waals surface area contributed by atoms with Crippen molar-refractivity contribution in [2.45, 2.75) is 71.3 Å². The third kappa shape index (κ3) is 2.97. The van der Waals surface area contributed by atoms with Crippen molar-refractivity contribution < 1.29 is 4.57 Å².